The second kappa shape index (κ2) is 67.8. The summed E-state index contributed by atoms with van der Waals surface area (Å²) in [7, 11) is 0. The molecule has 0 aromatic carbocycles. The maximum absolute atomic E-state index is 13.0. The molecule has 0 amide bonds. The van der Waals surface area contributed by atoms with Gasteiger partial charge in [0.05, 0.1) is 0 Å². The molecular weight excluding hydrogens is 985 g/mol. The first-order chi connectivity index (χ1) is 39.5. The molecule has 0 aromatic rings. The highest BCUT2D eigenvalue weighted by atomic mass is 16.6. The van der Waals surface area contributed by atoms with Crippen molar-refractivity contribution in [2.75, 3.05) is 13.2 Å². The van der Waals surface area contributed by atoms with E-state index in [2.05, 4.69) is 118 Å². The molecule has 0 aliphatic carbocycles. The van der Waals surface area contributed by atoms with Gasteiger partial charge in [-0.1, -0.05) is 311 Å². The second-order valence-corrected chi connectivity index (χ2v) is 22.7. The average molecular weight is 1110 g/mol. The Bertz CT molecular complexity index is 1560. The van der Waals surface area contributed by atoms with E-state index in [1.165, 1.54) is 180 Å². The van der Waals surface area contributed by atoms with Crippen molar-refractivity contribution in [2.45, 2.75) is 341 Å². The van der Waals surface area contributed by atoms with Gasteiger partial charge in [-0.2, -0.15) is 0 Å². The lowest BCUT2D eigenvalue weighted by atomic mass is 10.0. The number of hydrogen-bond acceptors (Lipinski definition) is 6. The zero-order valence-corrected chi connectivity index (χ0v) is 52.8. The number of hydrogen-bond donors (Lipinski definition) is 0. The van der Waals surface area contributed by atoms with Crippen molar-refractivity contribution in [3.05, 3.63) is 97.2 Å². The Labute approximate surface area is 496 Å². The summed E-state index contributed by atoms with van der Waals surface area (Å²) in [5, 5.41) is 0. The maximum atomic E-state index is 13.0. The van der Waals surface area contributed by atoms with E-state index in [1.807, 2.05) is 0 Å². The van der Waals surface area contributed by atoms with Gasteiger partial charge < -0.3 is 14.2 Å². The van der Waals surface area contributed by atoms with Gasteiger partial charge in [0.1, 0.15) is 13.2 Å². The predicted octanol–water partition coefficient (Wildman–Crippen LogP) is 23.6. The minimum absolute atomic E-state index is 0.0900. The normalized spacial score (nSPS) is 12.7. The molecule has 6 nitrogen and oxygen atoms in total. The van der Waals surface area contributed by atoms with Crippen molar-refractivity contribution in [1.82, 2.24) is 0 Å². The van der Waals surface area contributed by atoms with E-state index in [9.17, 15) is 14.4 Å². The van der Waals surface area contributed by atoms with Gasteiger partial charge in [0.2, 0.25) is 0 Å². The topological polar surface area (TPSA) is 78.9 Å². The molecule has 0 aliphatic heterocycles. The molecular formula is C74H128O6. The molecule has 0 aromatic heterocycles. The summed E-state index contributed by atoms with van der Waals surface area (Å²) < 4.78 is 16.9. The fraction of sp³-hybridized carbons (Fsp3) is 0.743. The lowest BCUT2D eigenvalue weighted by Gasteiger charge is -2.18. The first kappa shape index (κ1) is 76.3. The molecule has 460 valence electrons. The van der Waals surface area contributed by atoms with Gasteiger partial charge >= 0.3 is 17.9 Å². The summed E-state index contributed by atoms with van der Waals surface area (Å²) in [5.74, 6) is -0.915. The lowest BCUT2D eigenvalue weighted by molar-refractivity contribution is -0.167. The summed E-state index contributed by atoms with van der Waals surface area (Å²) in [6, 6.07) is 0. The van der Waals surface area contributed by atoms with Crippen molar-refractivity contribution >= 4 is 17.9 Å². The van der Waals surface area contributed by atoms with Gasteiger partial charge in [-0.15, -0.1) is 0 Å². The fourth-order valence-electron chi connectivity index (χ4n) is 9.71. The number of carbonyl (C=O) groups is 3. The molecule has 0 radical (unpaired) electrons. The highest BCUT2D eigenvalue weighted by Gasteiger charge is 2.19. The fourth-order valence-corrected chi connectivity index (χ4v) is 9.71. The summed E-state index contributed by atoms with van der Waals surface area (Å²) >= 11 is 0. The van der Waals surface area contributed by atoms with Crippen molar-refractivity contribution in [3.8, 4) is 0 Å². The van der Waals surface area contributed by atoms with Crippen LogP contribution in [0.1, 0.15) is 335 Å². The zero-order chi connectivity index (χ0) is 57.8. The molecule has 1 unspecified atom stereocenters. The zero-order valence-electron chi connectivity index (χ0n) is 52.8. The van der Waals surface area contributed by atoms with Crippen LogP contribution in [0.2, 0.25) is 0 Å². The summed E-state index contributed by atoms with van der Waals surface area (Å²) in [6.45, 7) is 6.53. The molecule has 0 aliphatic rings. The van der Waals surface area contributed by atoms with Crippen LogP contribution in [0.5, 0.6) is 0 Å². The van der Waals surface area contributed by atoms with Crippen LogP contribution in [0.3, 0.4) is 0 Å². The first-order valence-corrected chi connectivity index (χ1v) is 34.2. The third-order valence-corrected chi connectivity index (χ3v) is 14.8. The molecule has 0 fully saturated rings. The van der Waals surface area contributed by atoms with E-state index in [0.717, 1.165) is 116 Å². The number of ether oxygens (including phenoxy) is 3. The van der Waals surface area contributed by atoms with Gasteiger partial charge in [-0.25, -0.2) is 0 Å². The highest BCUT2D eigenvalue weighted by molar-refractivity contribution is 5.71. The van der Waals surface area contributed by atoms with Crippen LogP contribution in [0.4, 0.5) is 0 Å². The number of allylic oxidation sites excluding steroid dienone is 16. The predicted molar refractivity (Wildman–Crippen MR) is 348 cm³/mol. The Morgan fingerprint density at radius 1 is 0.263 bits per heavy atom. The van der Waals surface area contributed by atoms with Crippen LogP contribution in [0.25, 0.3) is 0 Å². The molecule has 0 rings (SSSR count). The third kappa shape index (κ3) is 65.1. The Hall–Kier alpha value is -3.67. The van der Waals surface area contributed by atoms with E-state index >= 15 is 0 Å². The number of unbranched alkanes of at least 4 members (excludes halogenated alkanes) is 35. The summed E-state index contributed by atoms with van der Waals surface area (Å²) in [6.07, 6.45) is 91.3. The molecule has 80 heavy (non-hydrogen) atoms. The number of esters is 3. The number of carbonyl (C=O) groups excluding carboxylic acids is 3. The monoisotopic (exact) mass is 1110 g/mol. The maximum Gasteiger partial charge on any atom is 0.306 e. The second-order valence-electron chi connectivity index (χ2n) is 22.7. The van der Waals surface area contributed by atoms with Crippen LogP contribution in [0, 0.1) is 0 Å². The molecule has 6 heteroatoms. The largest absolute Gasteiger partial charge is 0.462 e. The summed E-state index contributed by atoms with van der Waals surface area (Å²) in [4.78, 5) is 38.4. The Kier molecular flexibility index (Phi) is 64.7. The minimum Gasteiger partial charge on any atom is -0.462 e. The Morgan fingerprint density at radius 2 is 0.487 bits per heavy atom. The smallest absolute Gasteiger partial charge is 0.306 e. The Morgan fingerprint density at radius 3 is 0.787 bits per heavy atom. The van der Waals surface area contributed by atoms with E-state index < -0.39 is 6.10 Å². The molecule has 0 bridgehead atoms. The van der Waals surface area contributed by atoms with Gasteiger partial charge in [-0.3, -0.25) is 14.4 Å². The Balaban J connectivity index is 4.42. The van der Waals surface area contributed by atoms with E-state index in [-0.39, 0.29) is 31.1 Å². The van der Waals surface area contributed by atoms with E-state index in [1.54, 1.807) is 0 Å². The van der Waals surface area contributed by atoms with Gasteiger partial charge in [0.15, 0.2) is 6.10 Å². The molecule has 0 spiro atoms. The van der Waals surface area contributed by atoms with Crippen LogP contribution < -0.4 is 0 Å². The first-order valence-electron chi connectivity index (χ1n) is 34.2. The van der Waals surface area contributed by atoms with Gasteiger partial charge in [0.25, 0.3) is 0 Å². The third-order valence-electron chi connectivity index (χ3n) is 14.8. The van der Waals surface area contributed by atoms with Crippen molar-refractivity contribution in [1.29, 1.82) is 0 Å². The molecule has 0 saturated heterocycles. The average Bonchev–Trinajstić information content (AvgIpc) is 3.46. The van der Waals surface area contributed by atoms with Crippen LogP contribution >= 0.6 is 0 Å². The van der Waals surface area contributed by atoms with E-state index in [4.69, 9.17) is 14.2 Å². The quantitative estimate of drug-likeness (QED) is 0.0261. The van der Waals surface area contributed by atoms with E-state index in [0.29, 0.717) is 19.3 Å². The minimum atomic E-state index is -0.796. The van der Waals surface area contributed by atoms with Crippen molar-refractivity contribution in [2.24, 2.45) is 0 Å². The standard InChI is InChI=1S/C74H128O6/c1-4-7-10-13-16-19-22-25-28-31-33-35-36-37-38-40-41-43-46-49-52-55-58-61-64-67-73(76)79-70-71(69-78-72(75)66-63-60-57-54-51-48-45-30-27-24-21-18-15-12-9-6-3)80-74(77)68-65-62-59-56-53-50-47-44-42-39-34-32-29-26-23-20-17-14-11-8-5-2/h7,10,16,19,25,28,30,33,35,37-38,41,43,45,49,52,71H,4-6,8-9,11-15,17-18,20-24,26-27,29,31-32,34,36,39-40,42,44,46-48,50-51,53-70H2,1-3H3/b10-7-,19-16-,28-25-,35-33-,38-37-,43-41-,45-30-,52-49-. The summed E-state index contributed by atoms with van der Waals surface area (Å²) in [5.41, 5.74) is 0. The van der Waals surface area contributed by atoms with Gasteiger partial charge in [0, 0.05) is 19.3 Å². The van der Waals surface area contributed by atoms with Crippen LogP contribution in [-0.4, -0.2) is 37.2 Å². The van der Waals surface area contributed by atoms with Gasteiger partial charge in [-0.05, 0) is 103 Å². The van der Waals surface area contributed by atoms with Crippen molar-refractivity contribution in [3.63, 3.8) is 0 Å². The highest BCUT2D eigenvalue weighted by Crippen LogP contribution is 2.17. The lowest BCUT2D eigenvalue weighted by Crippen LogP contribution is -2.30. The van der Waals surface area contributed by atoms with Crippen molar-refractivity contribution < 1.29 is 28.6 Å². The molecule has 0 heterocycles. The molecule has 1 atom stereocenters. The SMILES string of the molecule is CC/C=C\C/C=C\C/C=C\C/C=C\C/C=C\C/C=C\C/C=C\CCCCCC(=O)OCC(COC(=O)CCCCCCC/C=C\CCCCCCCCC)OC(=O)CCCCCCCCCCCCCCCCCCCCCCC. The van der Waals surface area contributed by atoms with Crippen LogP contribution in [0.15, 0.2) is 97.2 Å². The number of rotatable bonds is 62. The molecule has 0 N–H and O–H groups in total. The van der Waals surface area contributed by atoms with Crippen LogP contribution in [-0.2, 0) is 28.6 Å². The molecule has 0 saturated carbocycles.